The largest absolute Gasteiger partial charge is 0.469 e. The minimum absolute atomic E-state index is 0.00194. The first-order chi connectivity index (χ1) is 19.0. The van der Waals surface area contributed by atoms with Crippen LogP contribution < -0.4 is 0 Å². The average molecular weight is 571 g/mol. The summed E-state index contributed by atoms with van der Waals surface area (Å²) in [4.78, 5) is 37.8. The van der Waals surface area contributed by atoms with E-state index < -0.39 is 5.41 Å². The summed E-state index contributed by atoms with van der Waals surface area (Å²) >= 11 is 0. The Hall–Kier alpha value is -1.85. The predicted molar refractivity (Wildman–Crippen MR) is 158 cm³/mol. The molecule has 0 saturated heterocycles. The van der Waals surface area contributed by atoms with Gasteiger partial charge in [0.1, 0.15) is 6.10 Å². The Bertz CT molecular complexity index is 1140. The molecule has 0 aromatic heterocycles. The first-order valence-corrected chi connectivity index (χ1v) is 16.1. The third-order valence-corrected chi connectivity index (χ3v) is 13.7. The number of rotatable bonds is 4. The van der Waals surface area contributed by atoms with Crippen LogP contribution in [0.15, 0.2) is 11.6 Å². The molecular formula is C35H54O6. The maximum absolute atomic E-state index is 13.5. The van der Waals surface area contributed by atoms with Crippen molar-refractivity contribution in [3.05, 3.63) is 11.6 Å². The van der Waals surface area contributed by atoms with E-state index in [1.807, 2.05) is 0 Å². The van der Waals surface area contributed by atoms with E-state index in [2.05, 4.69) is 47.6 Å². The second-order valence-electron chi connectivity index (χ2n) is 16.3. The maximum atomic E-state index is 13.5. The summed E-state index contributed by atoms with van der Waals surface area (Å²) in [5, 5.41) is 0. The summed E-state index contributed by atoms with van der Waals surface area (Å²) in [6.45, 7) is 17.7. The zero-order chi connectivity index (χ0) is 30.2. The molecule has 0 aromatic rings. The van der Waals surface area contributed by atoms with E-state index in [0.29, 0.717) is 12.5 Å². The lowest BCUT2D eigenvalue weighted by molar-refractivity contribution is -0.231. The zero-order valence-electron chi connectivity index (χ0n) is 27.1. The highest BCUT2D eigenvalue weighted by atomic mass is 16.5. The van der Waals surface area contributed by atoms with Gasteiger partial charge in [-0.2, -0.15) is 0 Å². The molecule has 5 aliphatic carbocycles. The molecule has 0 heterocycles. The number of hydrogen-bond donors (Lipinski definition) is 0. The van der Waals surface area contributed by atoms with Crippen LogP contribution in [-0.2, 0) is 28.6 Å². The van der Waals surface area contributed by atoms with Gasteiger partial charge in [-0.3, -0.25) is 14.4 Å². The molecule has 6 nitrogen and oxygen atoms in total. The summed E-state index contributed by atoms with van der Waals surface area (Å²) in [6, 6.07) is 0. The van der Waals surface area contributed by atoms with Crippen LogP contribution in [-0.4, -0.2) is 37.7 Å². The lowest BCUT2D eigenvalue weighted by Gasteiger charge is -2.71. The Kier molecular flexibility index (Phi) is 7.34. The van der Waals surface area contributed by atoms with Crippen LogP contribution in [0.5, 0.6) is 0 Å². The monoisotopic (exact) mass is 570 g/mol. The molecular weight excluding hydrogens is 516 g/mol. The molecule has 4 saturated carbocycles. The summed E-state index contributed by atoms with van der Waals surface area (Å²) in [5.41, 5.74) is 0.804. The van der Waals surface area contributed by atoms with Crippen molar-refractivity contribution in [2.24, 2.45) is 50.2 Å². The van der Waals surface area contributed by atoms with Gasteiger partial charge in [0, 0.05) is 24.7 Å². The van der Waals surface area contributed by atoms with Crippen LogP contribution in [0, 0.1) is 50.2 Å². The molecule has 0 unspecified atom stereocenters. The van der Waals surface area contributed by atoms with Crippen molar-refractivity contribution in [1.82, 2.24) is 0 Å². The number of hydrogen-bond acceptors (Lipinski definition) is 6. The van der Waals surface area contributed by atoms with Crippen molar-refractivity contribution >= 4 is 17.9 Å². The standard InChI is InChI=1S/C35H54O6/c1-22(36)40-21-35-15-13-28(41-23(2)37)31(5,6)26(35)12-14-33(8)27(35)11-10-24-25-20-30(3,4)16-18-34(25,29(38)39-9)19-17-32(24,33)7/h10,25-28H,11-21H2,1-9H3/t25-,26-,27-,28+,32+,33+,34-,35+/m0/s1. The second-order valence-corrected chi connectivity index (χ2v) is 16.3. The van der Waals surface area contributed by atoms with Gasteiger partial charge in [-0.1, -0.05) is 53.2 Å². The Morgan fingerprint density at radius 3 is 2.17 bits per heavy atom. The number of carbonyl (C=O) groups is 3. The Labute approximate surface area is 247 Å². The summed E-state index contributed by atoms with van der Waals surface area (Å²) < 4.78 is 17.4. The summed E-state index contributed by atoms with van der Waals surface area (Å²) in [5.74, 6) is 0.341. The predicted octanol–water partition coefficient (Wildman–Crippen LogP) is 7.44. The van der Waals surface area contributed by atoms with E-state index >= 15 is 0 Å². The van der Waals surface area contributed by atoms with E-state index in [0.717, 1.165) is 64.2 Å². The first-order valence-electron chi connectivity index (χ1n) is 16.1. The van der Waals surface area contributed by atoms with Gasteiger partial charge in [-0.05, 0) is 98.2 Å². The van der Waals surface area contributed by atoms with Gasteiger partial charge in [0.05, 0.1) is 19.1 Å². The van der Waals surface area contributed by atoms with Crippen molar-refractivity contribution in [1.29, 1.82) is 0 Å². The Balaban J connectivity index is 1.61. The highest BCUT2D eigenvalue weighted by molar-refractivity contribution is 5.78. The quantitative estimate of drug-likeness (QED) is 0.199. The minimum Gasteiger partial charge on any atom is -0.469 e. The van der Waals surface area contributed by atoms with E-state index in [4.69, 9.17) is 14.2 Å². The molecule has 5 rings (SSSR count). The highest BCUT2D eigenvalue weighted by Crippen LogP contribution is 2.76. The van der Waals surface area contributed by atoms with Gasteiger partial charge in [0.25, 0.3) is 0 Å². The van der Waals surface area contributed by atoms with Gasteiger partial charge < -0.3 is 14.2 Å². The van der Waals surface area contributed by atoms with Crippen LogP contribution >= 0.6 is 0 Å². The lowest BCUT2D eigenvalue weighted by Crippen LogP contribution is -2.67. The molecule has 4 fully saturated rings. The van der Waals surface area contributed by atoms with Crippen molar-refractivity contribution in [2.75, 3.05) is 13.7 Å². The molecule has 6 heteroatoms. The average Bonchev–Trinajstić information content (AvgIpc) is 2.88. The van der Waals surface area contributed by atoms with Crippen molar-refractivity contribution < 1.29 is 28.6 Å². The number of esters is 3. The fourth-order valence-electron chi connectivity index (χ4n) is 11.4. The van der Waals surface area contributed by atoms with Gasteiger partial charge in [-0.15, -0.1) is 0 Å². The summed E-state index contributed by atoms with van der Waals surface area (Å²) in [6.07, 6.45) is 11.9. The van der Waals surface area contributed by atoms with Gasteiger partial charge in [0.2, 0.25) is 0 Å². The molecule has 41 heavy (non-hydrogen) atoms. The highest BCUT2D eigenvalue weighted by Gasteiger charge is 2.71. The van der Waals surface area contributed by atoms with Crippen LogP contribution in [0.3, 0.4) is 0 Å². The van der Waals surface area contributed by atoms with Crippen LogP contribution in [0.1, 0.15) is 120 Å². The van der Waals surface area contributed by atoms with Crippen molar-refractivity contribution in [3.63, 3.8) is 0 Å². The van der Waals surface area contributed by atoms with E-state index in [9.17, 15) is 14.4 Å². The SMILES string of the molecule is COC(=O)[C@]12CCC(C)(C)C[C@H]1C1=CC[C@@H]3[C@@]4(COC(C)=O)CC[C@@H](OC(C)=O)C(C)(C)[C@@H]4CC[C@@]3(C)[C@]1(C)CC2. The number of allylic oxidation sites excluding steroid dienone is 2. The molecule has 0 radical (unpaired) electrons. The molecule has 230 valence electrons. The van der Waals surface area contributed by atoms with Gasteiger partial charge in [-0.25, -0.2) is 0 Å². The van der Waals surface area contributed by atoms with Crippen molar-refractivity contribution in [3.8, 4) is 0 Å². The van der Waals surface area contributed by atoms with Crippen LogP contribution in [0.2, 0.25) is 0 Å². The van der Waals surface area contributed by atoms with Gasteiger partial charge >= 0.3 is 17.9 Å². The van der Waals surface area contributed by atoms with E-state index in [1.165, 1.54) is 19.4 Å². The number of ether oxygens (including phenoxy) is 3. The summed E-state index contributed by atoms with van der Waals surface area (Å²) in [7, 11) is 1.56. The molecule has 0 aromatic carbocycles. The number of methoxy groups -OCH3 is 1. The molecule has 0 spiro atoms. The number of carbonyl (C=O) groups excluding carboxylic acids is 3. The van der Waals surface area contributed by atoms with E-state index in [1.54, 1.807) is 7.11 Å². The smallest absolute Gasteiger partial charge is 0.312 e. The van der Waals surface area contributed by atoms with Gasteiger partial charge in [0.15, 0.2) is 0 Å². The van der Waals surface area contributed by atoms with Crippen molar-refractivity contribution in [2.45, 2.75) is 126 Å². The Morgan fingerprint density at radius 1 is 0.854 bits per heavy atom. The molecule has 0 amide bonds. The molecule has 0 bridgehead atoms. The zero-order valence-corrected chi connectivity index (χ0v) is 27.1. The molecule has 8 atom stereocenters. The lowest BCUT2D eigenvalue weighted by atomic mass is 9.33. The molecule has 0 N–H and O–H groups in total. The fourth-order valence-corrected chi connectivity index (χ4v) is 11.4. The Morgan fingerprint density at radius 2 is 1.54 bits per heavy atom. The maximum Gasteiger partial charge on any atom is 0.312 e. The number of fused-ring (bicyclic) bond motifs is 7. The van der Waals surface area contributed by atoms with Crippen LogP contribution in [0.25, 0.3) is 0 Å². The topological polar surface area (TPSA) is 78.9 Å². The first kappa shape index (κ1) is 30.6. The van der Waals surface area contributed by atoms with Crippen LogP contribution in [0.4, 0.5) is 0 Å². The molecule has 0 aliphatic heterocycles. The molecule has 5 aliphatic rings. The third-order valence-electron chi connectivity index (χ3n) is 13.7. The minimum atomic E-state index is -0.421. The third kappa shape index (κ3) is 4.34. The second kappa shape index (κ2) is 9.84. The normalized spacial score (nSPS) is 44.1. The fraction of sp³-hybridized carbons (Fsp3) is 0.857. The van der Waals surface area contributed by atoms with E-state index in [-0.39, 0.29) is 62.9 Å².